The number of aromatic nitrogens is 3. The number of fused-ring (bicyclic) bond motifs is 2. The first-order chi connectivity index (χ1) is 11.5. The minimum absolute atomic E-state index is 0.110. The van der Waals surface area contributed by atoms with Gasteiger partial charge in [0, 0.05) is 30.4 Å². The number of nitrogens with zero attached hydrogens (tertiary/aromatic N) is 2. The lowest BCUT2D eigenvalue weighted by Gasteiger charge is -2.34. The fourth-order valence-corrected chi connectivity index (χ4v) is 3.73. The monoisotopic (exact) mass is 344 g/mol. The van der Waals surface area contributed by atoms with E-state index in [1.165, 1.54) is 6.07 Å². The maximum absolute atomic E-state index is 12.9. The van der Waals surface area contributed by atoms with Crippen LogP contribution >= 0.6 is 11.6 Å². The average molecular weight is 345 g/mol. The maximum atomic E-state index is 12.9. The minimum Gasteiger partial charge on any atom is -0.337 e. The quantitative estimate of drug-likeness (QED) is 0.833. The highest BCUT2D eigenvalue weighted by atomic mass is 35.5. The highest BCUT2D eigenvalue weighted by Gasteiger charge is 2.31. The summed E-state index contributed by atoms with van der Waals surface area (Å²) in [5, 5.41) is 0.598. The molecule has 2 aromatic heterocycles. The summed E-state index contributed by atoms with van der Waals surface area (Å²) in [4.78, 5) is 36.5. The summed E-state index contributed by atoms with van der Waals surface area (Å²) in [5.41, 5.74) is 3.37. The normalized spacial score (nSPS) is 19.5. The molecular formula is C17H17ClN4O2. The van der Waals surface area contributed by atoms with E-state index in [0.717, 1.165) is 29.8 Å². The molecule has 0 saturated heterocycles. The molecule has 124 valence electrons. The lowest BCUT2D eigenvalue weighted by Crippen LogP contribution is -2.40. The number of allylic oxidation sites excluding steroid dienone is 1. The Kier molecular flexibility index (Phi) is 3.57. The summed E-state index contributed by atoms with van der Waals surface area (Å²) in [6.45, 7) is 2.51. The van der Waals surface area contributed by atoms with E-state index >= 15 is 0 Å². The highest BCUT2D eigenvalue weighted by molar-refractivity contribution is 6.48. The van der Waals surface area contributed by atoms with Crippen LogP contribution in [-0.2, 0) is 12.8 Å². The van der Waals surface area contributed by atoms with Crippen molar-refractivity contribution < 1.29 is 4.79 Å². The smallest absolute Gasteiger partial charge is 0.290 e. The molecule has 2 N–H and O–H groups in total. The first-order valence-electron chi connectivity index (χ1n) is 8.02. The van der Waals surface area contributed by atoms with Gasteiger partial charge in [-0.2, -0.15) is 0 Å². The third kappa shape index (κ3) is 2.38. The number of carbonyl (C=O) groups is 1. The van der Waals surface area contributed by atoms with E-state index in [4.69, 9.17) is 11.6 Å². The predicted molar refractivity (Wildman–Crippen MR) is 91.0 cm³/mol. The van der Waals surface area contributed by atoms with Gasteiger partial charge < -0.3 is 14.9 Å². The zero-order valence-corrected chi connectivity index (χ0v) is 14.0. The fourth-order valence-electron chi connectivity index (χ4n) is 3.46. The first kappa shape index (κ1) is 15.2. The summed E-state index contributed by atoms with van der Waals surface area (Å²) >= 11 is 6.18. The molecule has 0 saturated carbocycles. The van der Waals surface area contributed by atoms with Crippen LogP contribution in [0.3, 0.4) is 0 Å². The molecule has 1 unspecified atom stereocenters. The summed E-state index contributed by atoms with van der Waals surface area (Å²) < 4.78 is 0. The zero-order valence-electron chi connectivity index (χ0n) is 13.2. The van der Waals surface area contributed by atoms with E-state index in [0.29, 0.717) is 29.5 Å². The third-order valence-electron chi connectivity index (χ3n) is 4.74. The van der Waals surface area contributed by atoms with Crippen LogP contribution in [-0.4, -0.2) is 32.3 Å². The number of imidazole rings is 1. The van der Waals surface area contributed by atoms with E-state index < -0.39 is 0 Å². The van der Waals surface area contributed by atoms with Crippen LogP contribution in [0.1, 0.15) is 52.7 Å². The molecule has 2 aliphatic rings. The zero-order chi connectivity index (χ0) is 16.8. The van der Waals surface area contributed by atoms with Crippen LogP contribution in [0.15, 0.2) is 23.0 Å². The molecule has 1 aliphatic carbocycles. The van der Waals surface area contributed by atoms with Crippen molar-refractivity contribution in [1.29, 1.82) is 0 Å². The van der Waals surface area contributed by atoms with Gasteiger partial charge >= 0.3 is 0 Å². The second-order valence-corrected chi connectivity index (χ2v) is 6.59. The topological polar surface area (TPSA) is 81.8 Å². The molecule has 7 heteroatoms. The Labute approximate surface area is 143 Å². The van der Waals surface area contributed by atoms with Crippen molar-refractivity contribution in [2.75, 3.05) is 6.54 Å². The first-order valence-corrected chi connectivity index (χ1v) is 8.40. The number of H-pyrrole nitrogens is 2. The molecule has 4 rings (SSSR count). The SMILES string of the molecule is CC1c2ccc(=O)[nH]c2CCN1C(=O)c1nc2c([nH]1)CCC=C2Cl. The highest BCUT2D eigenvalue weighted by Crippen LogP contribution is 2.30. The van der Waals surface area contributed by atoms with Gasteiger partial charge in [-0.05, 0) is 31.4 Å². The molecule has 1 amide bonds. The Morgan fingerprint density at radius 3 is 2.92 bits per heavy atom. The summed E-state index contributed by atoms with van der Waals surface area (Å²) in [6, 6.07) is 3.18. The standard InChI is InChI=1S/C17H17ClN4O2/c1-9-10-5-6-14(23)19-12(10)7-8-22(9)17(24)16-20-13-4-2-3-11(18)15(13)21-16/h3,5-6,9H,2,4,7-8H2,1H3,(H,19,23)(H,20,21). The van der Waals surface area contributed by atoms with Crippen LogP contribution in [0.2, 0.25) is 0 Å². The van der Waals surface area contributed by atoms with Gasteiger partial charge in [0.1, 0.15) is 5.69 Å². The molecule has 3 heterocycles. The minimum atomic E-state index is -0.141. The molecule has 0 fully saturated rings. The van der Waals surface area contributed by atoms with Crippen molar-refractivity contribution >= 4 is 22.5 Å². The van der Waals surface area contributed by atoms with Gasteiger partial charge in [0.2, 0.25) is 5.56 Å². The summed E-state index contributed by atoms with van der Waals surface area (Å²) in [7, 11) is 0. The van der Waals surface area contributed by atoms with Gasteiger partial charge in [0.05, 0.1) is 11.1 Å². The second kappa shape index (κ2) is 5.63. The average Bonchev–Trinajstić information content (AvgIpc) is 3.00. The molecule has 0 radical (unpaired) electrons. The number of aryl methyl sites for hydroxylation is 1. The predicted octanol–water partition coefficient (Wildman–Crippen LogP) is 2.38. The molecule has 0 bridgehead atoms. The number of amides is 1. The molecule has 24 heavy (non-hydrogen) atoms. The Hall–Kier alpha value is -2.34. The van der Waals surface area contributed by atoms with Crippen molar-refractivity contribution in [3.63, 3.8) is 0 Å². The lowest BCUT2D eigenvalue weighted by atomic mass is 9.98. The van der Waals surface area contributed by atoms with Crippen molar-refractivity contribution in [3.8, 4) is 0 Å². The Balaban J connectivity index is 1.65. The van der Waals surface area contributed by atoms with Gasteiger partial charge in [-0.25, -0.2) is 4.98 Å². The van der Waals surface area contributed by atoms with Gasteiger partial charge in [0.25, 0.3) is 5.91 Å². The number of halogens is 1. The summed E-state index contributed by atoms with van der Waals surface area (Å²) in [6.07, 6.45) is 4.21. The number of hydrogen-bond acceptors (Lipinski definition) is 3. The number of carbonyl (C=O) groups excluding carboxylic acids is 1. The van der Waals surface area contributed by atoms with E-state index in [9.17, 15) is 9.59 Å². The van der Waals surface area contributed by atoms with Crippen LogP contribution in [0.4, 0.5) is 0 Å². The molecular weight excluding hydrogens is 328 g/mol. The van der Waals surface area contributed by atoms with Gasteiger partial charge in [0.15, 0.2) is 5.82 Å². The van der Waals surface area contributed by atoms with Crippen LogP contribution < -0.4 is 5.56 Å². The second-order valence-electron chi connectivity index (χ2n) is 6.18. The van der Waals surface area contributed by atoms with E-state index in [2.05, 4.69) is 15.0 Å². The summed E-state index contributed by atoms with van der Waals surface area (Å²) in [5.74, 6) is 0.186. The molecule has 2 aromatic rings. The molecule has 1 aliphatic heterocycles. The largest absolute Gasteiger partial charge is 0.337 e. The van der Waals surface area contributed by atoms with Gasteiger partial charge in [-0.15, -0.1) is 0 Å². The van der Waals surface area contributed by atoms with Crippen molar-refractivity contribution in [2.45, 2.75) is 32.2 Å². The van der Waals surface area contributed by atoms with Crippen LogP contribution in [0.5, 0.6) is 0 Å². The van der Waals surface area contributed by atoms with Crippen LogP contribution in [0, 0.1) is 0 Å². The number of nitrogens with one attached hydrogen (secondary N) is 2. The number of rotatable bonds is 1. The van der Waals surface area contributed by atoms with E-state index in [-0.39, 0.29) is 17.5 Å². The lowest BCUT2D eigenvalue weighted by molar-refractivity contribution is 0.0664. The number of pyridine rings is 1. The van der Waals surface area contributed by atoms with Crippen molar-refractivity contribution in [3.05, 3.63) is 57.0 Å². The van der Waals surface area contributed by atoms with Gasteiger partial charge in [-0.3, -0.25) is 9.59 Å². The van der Waals surface area contributed by atoms with Crippen molar-refractivity contribution in [2.24, 2.45) is 0 Å². The molecule has 6 nitrogen and oxygen atoms in total. The van der Waals surface area contributed by atoms with E-state index in [1.807, 2.05) is 13.0 Å². The third-order valence-corrected chi connectivity index (χ3v) is 5.08. The van der Waals surface area contributed by atoms with Gasteiger partial charge in [-0.1, -0.05) is 17.7 Å². The Bertz CT molecular complexity index is 912. The van der Waals surface area contributed by atoms with E-state index in [1.54, 1.807) is 11.0 Å². The number of aromatic amines is 2. The fraction of sp³-hybridized carbons (Fsp3) is 0.353. The maximum Gasteiger partial charge on any atom is 0.290 e. The molecule has 0 spiro atoms. The van der Waals surface area contributed by atoms with Crippen LogP contribution in [0.25, 0.3) is 5.03 Å². The Morgan fingerprint density at radius 2 is 2.12 bits per heavy atom. The Morgan fingerprint density at radius 1 is 1.29 bits per heavy atom. The van der Waals surface area contributed by atoms with Crippen molar-refractivity contribution in [1.82, 2.24) is 19.9 Å². The molecule has 1 atom stereocenters. The number of hydrogen-bond donors (Lipinski definition) is 2. The molecule has 0 aromatic carbocycles.